The van der Waals surface area contributed by atoms with Crippen molar-refractivity contribution in [1.82, 2.24) is 14.8 Å². The van der Waals surface area contributed by atoms with Crippen molar-refractivity contribution in [1.29, 1.82) is 0 Å². The van der Waals surface area contributed by atoms with E-state index in [1.807, 2.05) is 36.7 Å². The fourth-order valence-electron chi connectivity index (χ4n) is 3.48. The number of hydrogen-bond acceptors (Lipinski definition) is 6. The van der Waals surface area contributed by atoms with Crippen molar-refractivity contribution in [2.45, 2.75) is 12.1 Å². The molecule has 4 aromatic rings. The Morgan fingerprint density at radius 3 is 2.42 bits per heavy atom. The Balaban J connectivity index is 1.41. The van der Waals surface area contributed by atoms with Crippen LogP contribution in [0.5, 0.6) is 5.75 Å². The molecule has 10 heteroatoms. The highest BCUT2D eigenvalue weighted by Gasteiger charge is 2.16. The lowest BCUT2D eigenvalue weighted by Gasteiger charge is -2.15. The van der Waals surface area contributed by atoms with Gasteiger partial charge in [-0.25, -0.2) is 0 Å². The molecule has 2 N–H and O–H groups in total. The number of hydrogen-bond donors (Lipinski definition) is 2. The topological polar surface area (TPSA) is 98.1 Å². The summed E-state index contributed by atoms with van der Waals surface area (Å²) in [6.45, 7) is 1.85. The summed E-state index contributed by atoms with van der Waals surface area (Å²) in [5.41, 5.74) is 3.32. The van der Waals surface area contributed by atoms with Crippen molar-refractivity contribution in [3.63, 3.8) is 0 Å². The maximum Gasteiger partial charge on any atom is 0.255 e. The molecule has 1 aromatic heterocycles. The van der Waals surface area contributed by atoms with Crippen LogP contribution in [0.3, 0.4) is 0 Å². The number of carbonyl (C=O) groups is 2. The van der Waals surface area contributed by atoms with Gasteiger partial charge in [-0.1, -0.05) is 41.6 Å². The Labute approximate surface area is 218 Å². The van der Waals surface area contributed by atoms with Crippen LogP contribution in [0.4, 0.5) is 11.4 Å². The lowest BCUT2D eigenvalue weighted by atomic mass is 10.1. The highest BCUT2D eigenvalue weighted by atomic mass is 35.5. The van der Waals surface area contributed by atoms with E-state index < -0.39 is 0 Å². The van der Waals surface area contributed by atoms with Crippen LogP contribution in [0.25, 0.3) is 11.4 Å². The number of nitrogens with zero attached hydrogens (tertiary/aromatic N) is 3. The standard InChI is InChI=1S/C26H24ClN5O3S/c1-16-13-21(22(35-3)14-20(16)29-25(34)18-7-5-4-6-8-18)28-23(33)15-36-26-31-30-24(32(26)2)17-9-11-19(27)12-10-17/h4-14H,15H2,1-3H3,(H,28,33)(H,29,34). The van der Waals surface area contributed by atoms with E-state index in [1.54, 1.807) is 48.5 Å². The summed E-state index contributed by atoms with van der Waals surface area (Å²) < 4.78 is 7.29. The number of benzene rings is 3. The maximum absolute atomic E-state index is 12.7. The first-order valence-electron chi connectivity index (χ1n) is 11.0. The summed E-state index contributed by atoms with van der Waals surface area (Å²) in [7, 11) is 3.36. The van der Waals surface area contributed by atoms with E-state index in [1.165, 1.54) is 18.9 Å². The van der Waals surface area contributed by atoms with Crippen LogP contribution < -0.4 is 15.4 Å². The van der Waals surface area contributed by atoms with Gasteiger partial charge in [-0.05, 0) is 55.0 Å². The van der Waals surface area contributed by atoms with Crippen LogP contribution in [0.2, 0.25) is 5.02 Å². The molecule has 0 saturated carbocycles. The fourth-order valence-corrected chi connectivity index (χ4v) is 4.32. The number of thioether (sulfide) groups is 1. The summed E-state index contributed by atoms with van der Waals surface area (Å²) in [6, 6.07) is 19.7. The number of aromatic nitrogens is 3. The molecule has 0 saturated heterocycles. The van der Waals surface area contributed by atoms with Crippen molar-refractivity contribution in [3.8, 4) is 17.1 Å². The average Bonchev–Trinajstić information content (AvgIpc) is 3.25. The predicted octanol–water partition coefficient (Wildman–Crippen LogP) is 5.44. The molecule has 8 nitrogen and oxygen atoms in total. The Morgan fingerprint density at radius 1 is 1.00 bits per heavy atom. The van der Waals surface area contributed by atoms with E-state index in [4.69, 9.17) is 16.3 Å². The number of amides is 2. The Hall–Kier alpha value is -3.82. The normalized spacial score (nSPS) is 10.7. The number of rotatable bonds is 8. The van der Waals surface area contributed by atoms with E-state index in [2.05, 4.69) is 20.8 Å². The third kappa shape index (κ3) is 5.87. The van der Waals surface area contributed by atoms with Gasteiger partial charge in [0, 0.05) is 35.0 Å². The van der Waals surface area contributed by atoms with Gasteiger partial charge in [0.1, 0.15) is 5.75 Å². The van der Waals surface area contributed by atoms with Gasteiger partial charge < -0.3 is 19.9 Å². The van der Waals surface area contributed by atoms with Gasteiger partial charge in [-0.15, -0.1) is 10.2 Å². The molecule has 0 atom stereocenters. The summed E-state index contributed by atoms with van der Waals surface area (Å²) in [4.78, 5) is 25.2. The summed E-state index contributed by atoms with van der Waals surface area (Å²) in [5.74, 6) is 0.790. The second-order valence-electron chi connectivity index (χ2n) is 7.90. The van der Waals surface area contributed by atoms with Crippen LogP contribution in [0, 0.1) is 6.92 Å². The first-order chi connectivity index (χ1) is 17.4. The molecule has 0 aliphatic heterocycles. The average molecular weight is 522 g/mol. The number of nitrogens with one attached hydrogen (secondary N) is 2. The van der Waals surface area contributed by atoms with Crippen molar-refractivity contribution in [2.24, 2.45) is 7.05 Å². The van der Waals surface area contributed by atoms with E-state index in [9.17, 15) is 9.59 Å². The SMILES string of the molecule is COc1cc(NC(=O)c2ccccc2)c(C)cc1NC(=O)CSc1nnc(-c2ccc(Cl)cc2)n1C. The van der Waals surface area contributed by atoms with Crippen LogP contribution in [0.1, 0.15) is 15.9 Å². The van der Waals surface area contributed by atoms with Gasteiger partial charge >= 0.3 is 0 Å². The number of carbonyl (C=O) groups excluding carboxylic acids is 2. The Morgan fingerprint density at radius 2 is 1.72 bits per heavy atom. The number of anilines is 2. The molecule has 0 aliphatic rings. The molecule has 1 heterocycles. The third-order valence-electron chi connectivity index (χ3n) is 5.37. The molecule has 0 fully saturated rings. The van der Waals surface area contributed by atoms with Gasteiger partial charge in [-0.3, -0.25) is 9.59 Å². The number of aryl methyl sites for hydroxylation is 1. The summed E-state index contributed by atoms with van der Waals surface area (Å²) in [5, 5.41) is 15.5. The lowest BCUT2D eigenvalue weighted by Crippen LogP contribution is -2.16. The van der Waals surface area contributed by atoms with E-state index in [-0.39, 0.29) is 17.6 Å². The minimum Gasteiger partial charge on any atom is -0.494 e. The second-order valence-corrected chi connectivity index (χ2v) is 9.28. The van der Waals surface area contributed by atoms with Gasteiger partial charge in [0.2, 0.25) is 5.91 Å². The number of halogens is 1. The molecule has 0 spiro atoms. The lowest BCUT2D eigenvalue weighted by molar-refractivity contribution is -0.113. The molecule has 0 aliphatic carbocycles. The van der Waals surface area contributed by atoms with Gasteiger partial charge in [0.05, 0.1) is 18.6 Å². The molecule has 4 rings (SSSR count). The molecule has 3 aromatic carbocycles. The minimum absolute atomic E-state index is 0.126. The van der Waals surface area contributed by atoms with Gasteiger partial charge in [0.25, 0.3) is 5.91 Å². The molecule has 36 heavy (non-hydrogen) atoms. The van der Waals surface area contributed by atoms with Crippen molar-refractivity contribution in [2.75, 3.05) is 23.5 Å². The molecule has 184 valence electrons. The van der Waals surface area contributed by atoms with Crippen LogP contribution in [-0.4, -0.2) is 39.4 Å². The molecule has 0 unspecified atom stereocenters. The van der Waals surface area contributed by atoms with Crippen molar-refractivity contribution >= 4 is 46.6 Å². The zero-order valence-corrected chi connectivity index (χ0v) is 21.5. The van der Waals surface area contributed by atoms with Gasteiger partial charge in [-0.2, -0.15) is 0 Å². The Kier molecular flexibility index (Phi) is 7.92. The molecular weight excluding hydrogens is 498 g/mol. The molecule has 0 radical (unpaired) electrons. The van der Waals surface area contributed by atoms with E-state index in [0.29, 0.717) is 38.7 Å². The molecule has 2 amide bonds. The second kappa shape index (κ2) is 11.3. The quantitative estimate of drug-likeness (QED) is 0.300. The van der Waals surface area contributed by atoms with Crippen LogP contribution in [0.15, 0.2) is 71.9 Å². The number of ether oxygens (including phenoxy) is 1. The Bertz CT molecular complexity index is 1390. The first kappa shape index (κ1) is 25.3. The highest BCUT2D eigenvalue weighted by Crippen LogP contribution is 2.32. The maximum atomic E-state index is 12.7. The third-order valence-corrected chi connectivity index (χ3v) is 6.65. The summed E-state index contributed by atoms with van der Waals surface area (Å²) in [6.07, 6.45) is 0. The van der Waals surface area contributed by atoms with E-state index in [0.717, 1.165) is 11.1 Å². The molecular formula is C26H24ClN5O3S. The predicted molar refractivity (Wildman–Crippen MR) is 143 cm³/mol. The van der Waals surface area contributed by atoms with Crippen LogP contribution in [-0.2, 0) is 11.8 Å². The zero-order valence-electron chi connectivity index (χ0n) is 19.9. The van der Waals surface area contributed by atoms with Crippen LogP contribution >= 0.6 is 23.4 Å². The fraction of sp³-hybridized carbons (Fsp3) is 0.154. The largest absolute Gasteiger partial charge is 0.494 e. The zero-order chi connectivity index (χ0) is 25.7. The monoisotopic (exact) mass is 521 g/mol. The van der Waals surface area contributed by atoms with Gasteiger partial charge in [0.15, 0.2) is 11.0 Å². The van der Waals surface area contributed by atoms with Crippen molar-refractivity contribution < 1.29 is 14.3 Å². The summed E-state index contributed by atoms with van der Waals surface area (Å²) >= 11 is 7.24. The van der Waals surface area contributed by atoms with Crippen molar-refractivity contribution in [3.05, 3.63) is 82.9 Å². The highest BCUT2D eigenvalue weighted by molar-refractivity contribution is 7.99. The van der Waals surface area contributed by atoms with E-state index >= 15 is 0 Å². The first-order valence-corrected chi connectivity index (χ1v) is 12.3. The smallest absolute Gasteiger partial charge is 0.255 e. The minimum atomic E-state index is -0.227. The molecule has 0 bridgehead atoms. The number of methoxy groups -OCH3 is 1.